The topological polar surface area (TPSA) is 57.2 Å². The van der Waals surface area contributed by atoms with Crippen LogP contribution in [0, 0.1) is 0 Å². The van der Waals surface area contributed by atoms with E-state index in [9.17, 15) is 26.1 Å². The fourth-order valence-corrected chi connectivity index (χ4v) is 2.13. The molecule has 90 valence electrons. The van der Waals surface area contributed by atoms with Crippen LogP contribution in [0.25, 0.3) is 0 Å². The SMILES string of the molecule is O=S(=O)([O-])Cc1c(Cl)cccc1C(F)(F)F.[Na+]. The Morgan fingerprint density at radius 3 is 2.24 bits per heavy atom. The van der Waals surface area contributed by atoms with E-state index in [1.54, 1.807) is 0 Å². The van der Waals surface area contributed by atoms with E-state index in [-0.39, 0.29) is 29.6 Å². The smallest absolute Gasteiger partial charge is 0.748 e. The molecular weight excluding hydrogens is 292 g/mol. The number of benzene rings is 1. The van der Waals surface area contributed by atoms with Crippen LogP contribution in [0.1, 0.15) is 11.1 Å². The average molecular weight is 297 g/mol. The first-order valence-electron chi connectivity index (χ1n) is 3.89. The van der Waals surface area contributed by atoms with E-state index < -0.39 is 38.2 Å². The maximum atomic E-state index is 12.4. The summed E-state index contributed by atoms with van der Waals surface area (Å²) < 4.78 is 68.7. The second kappa shape index (κ2) is 5.90. The van der Waals surface area contributed by atoms with Crippen molar-refractivity contribution in [2.24, 2.45) is 0 Å². The zero-order valence-electron chi connectivity index (χ0n) is 8.58. The molecule has 0 saturated heterocycles. The summed E-state index contributed by atoms with van der Waals surface area (Å²) in [4.78, 5) is 0. The molecule has 0 radical (unpaired) electrons. The Balaban J connectivity index is 0.00000256. The van der Waals surface area contributed by atoms with Crippen LogP contribution in [-0.4, -0.2) is 13.0 Å². The van der Waals surface area contributed by atoms with Crippen LogP contribution in [0.5, 0.6) is 0 Å². The Labute approximate surface area is 123 Å². The molecular formula is C8H5ClF3NaO3S. The average Bonchev–Trinajstić information content (AvgIpc) is 2.04. The van der Waals surface area contributed by atoms with Gasteiger partial charge in [-0.1, -0.05) is 17.7 Å². The van der Waals surface area contributed by atoms with Crippen molar-refractivity contribution < 1.29 is 55.7 Å². The number of hydrogen-bond donors (Lipinski definition) is 0. The summed E-state index contributed by atoms with van der Waals surface area (Å²) in [5, 5.41) is -0.394. The van der Waals surface area contributed by atoms with E-state index in [0.29, 0.717) is 6.07 Å². The molecule has 0 heterocycles. The van der Waals surface area contributed by atoms with Crippen LogP contribution in [0.2, 0.25) is 5.02 Å². The molecule has 1 aromatic carbocycles. The molecule has 0 aliphatic rings. The van der Waals surface area contributed by atoms with Crippen LogP contribution in [0.3, 0.4) is 0 Å². The third kappa shape index (κ3) is 5.15. The van der Waals surface area contributed by atoms with Crippen molar-refractivity contribution >= 4 is 21.7 Å². The van der Waals surface area contributed by atoms with Crippen LogP contribution in [0.4, 0.5) is 13.2 Å². The summed E-state index contributed by atoms with van der Waals surface area (Å²) in [7, 11) is -4.82. The van der Waals surface area contributed by atoms with Crippen LogP contribution in [0.15, 0.2) is 18.2 Å². The van der Waals surface area contributed by atoms with E-state index in [0.717, 1.165) is 12.1 Å². The van der Waals surface area contributed by atoms with Gasteiger partial charge in [0.05, 0.1) is 21.4 Å². The number of rotatable bonds is 2. The number of halogens is 4. The van der Waals surface area contributed by atoms with Crippen molar-refractivity contribution in [2.75, 3.05) is 0 Å². The van der Waals surface area contributed by atoms with Crippen molar-refractivity contribution in [2.45, 2.75) is 11.9 Å². The largest absolute Gasteiger partial charge is 1.00 e. The molecule has 0 N–H and O–H groups in total. The molecule has 0 atom stereocenters. The van der Waals surface area contributed by atoms with Crippen molar-refractivity contribution in [1.29, 1.82) is 0 Å². The molecule has 0 aliphatic heterocycles. The van der Waals surface area contributed by atoms with Gasteiger partial charge in [-0.05, 0) is 17.7 Å². The Morgan fingerprint density at radius 2 is 1.82 bits per heavy atom. The molecule has 3 nitrogen and oxygen atoms in total. The van der Waals surface area contributed by atoms with Gasteiger partial charge < -0.3 is 4.55 Å². The predicted molar refractivity (Wildman–Crippen MR) is 49.9 cm³/mol. The summed E-state index contributed by atoms with van der Waals surface area (Å²) in [5.41, 5.74) is -1.92. The number of alkyl halides is 3. The predicted octanol–water partition coefficient (Wildman–Crippen LogP) is -0.592. The summed E-state index contributed by atoms with van der Waals surface area (Å²) in [6, 6.07) is 2.80. The van der Waals surface area contributed by atoms with Crippen molar-refractivity contribution in [3.05, 3.63) is 34.3 Å². The Hall–Kier alpha value is 0.210. The van der Waals surface area contributed by atoms with Gasteiger partial charge in [0.1, 0.15) is 0 Å². The molecule has 0 saturated carbocycles. The normalized spacial score (nSPS) is 12.1. The molecule has 0 bridgehead atoms. The monoisotopic (exact) mass is 296 g/mol. The molecule has 0 unspecified atom stereocenters. The first kappa shape index (κ1) is 17.2. The maximum absolute atomic E-state index is 12.4. The van der Waals surface area contributed by atoms with Gasteiger partial charge in [0.2, 0.25) is 0 Å². The van der Waals surface area contributed by atoms with Gasteiger partial charge in [-0.15, -0.1) is 0 Å². The quantitative estimate of drug-likeness (QED) is 0.541. The first-order valence-corrected chi connectivity index (χ1v) is 5.85. The summed E-state index contributed by atoms with van der Waals surface area (Å²) in [6.07, 6.45) is -4.75. The molecule has 0 fully saturated rings. The van der Waals surface area contributed by atoms with Gasteiger partial charge in [0, 0.05) is 5.02 Å². The molecule has 9 heteroatoms. The zero-order chi connectivity index (χ0) is 12.6. The third-order valence-corrected chi connectivity index (χ3v) is 2.74. The van der Waals surface area contributed by atoms with Crippen molar-refractivity contribution in [1.82, 2.24) is 0 Å². The fraction of sp³-hybridized carbons (Fsp3) is 0.250. The van der Waals surface area contributed by atoms with Gasteiger partial charge >= 0.3 is 35.7 Å². The Kier molecular flexibility index (Phi) is 5.97. The van der Waals surface area contributed by atoms with Crippen LogP contribution >= 0.6 is 11.6 Å². The van der Waals surface area contributed by atoms with E-state index in [1.807, 2.05) is 0 Å². The minimum Gasteiger partial charge on any atom is -0.748 e. The standard InChI is InChI=1S/C8H6ClF3O3S.Na/c9-7-3-1-2-6(8(10,11)12)5(7)4-16(13,14)15;/h1-3H,4H2,(H,13,14,15);/q;+1/p-1. The van der Waals surface area contributed by atoms with Gasteiger partial charge in [-0.2, -0.15) is 13.2 Å². The minimum absolute atomic E-state index is 0. The first-order chi connectivity index (χ1) is 7.11. The second-order valence-corrected chi connectivity index (χ2v) is 4.78. The van der Waals surface area contributed by atoms with E-state index in [1.165, 1.54) is 0 Å². The van der Waals surface area contributed by atoms with Crippen molar-refractivity contribution in [3.63, 3.8) is 0 Å². The molecule has 17 heavy (non-hydrogen) atoms. The maximum Gasteiger partial charge on any atom is 1.00 e. The number of hydrogen-bond acceptors (Lipinski definition) is 3. The summed E-state index contributed by atoms with van der Waals surface area (Å²) in [5.74, 6) is -1.28. The second-order valence-electron chi connectivity index (χ2n) is 2.97. The molecule has 0 amide bonds. The van der Waals surface area contributed by atoms with Gasteiger partial charge in [0.25, 0.3) is 0 Å². The van der Waals surface area contributed by atoms with E-state index >= 15 is 0 Å². The Bertz CT molecular complexity index is 501. The molecule has 0 aromatic heterocycles. The zero-order valence-corrected chi connectivity index (χ0v) is 12.2. The van der Waals surface area contributed by atoms with E-state index in [4.69, 9.17) is 11.6 Å². The minimum atomic E-state index is -4.82. The molecule has 0 spiro atoms. The van der Waals surface area contributed by atoms with Gasteiger partial charge in [-0.25, -0.2) is 8.42 Å². The molecule has 1 rings (SSSR count). The van der Waals surface area contributed by atoms with Gasteiger partial charge in [-0.3, -0.25) is 0 Å². The van der Waals surface area contributed by atoms with Gasteiger partial charge in [0.15, 0.2) is 0 Å². The Morgan fingerprint density at radius 1 is 1.29 bits per heavy atom. The fourth-order valence-electron chi connectivity index (χ4n) is 1.15. The van der Waals surface area contributed by atoms with Crippen molar-refractivity contribution in [3.8, 4) is 0 Å². The van der Waals surface area contributed by atoms with Crippen LogP contribution < -0.4 is 29.6 Å². The van der Waals surface area contributed by atoms with E-state index in [2.05, 4.69) is 0 Å². The summed E-state index contributed by atoms with van der Waals surface area (Å²) >= 11 is 5.44. The third-order valence-electron chi connectivity index (χ3n) is 1.75. The molecule has 0 aliphatic carbocycles. The van der Waals surface area contributed by atoms with Crippen LogP contribution in [-0.2, 0) is 22.0 Å². The summed E-state index contributed by atoms with van der Waals surface area (Å²) in [6.45, 7) is 0. The molecule has 1 aromatic rings.